The number of nitrogens with zero attached hydrogens (tertiary/aromatic N) is 2. The van der Waals surface area contributed by atoms with E-state index in [2.05, 4.69) is 58.9 Å². The van der Waals surface area contributed by atoms with Crippen LogP contribution in [0.15, 0.2) is 53.5 Å². The molecule has 0 spiro atoms. The van der Waals surface area contributed by atoms with E-state index in [1.807, 2.05) is 24.3 Å². The molecular weight excluding hydrogens is 312 g/mol. The monoisotopic (exact) mass is 340 g/mol. The first-order valence-corrected chi connectivity index (χ1v) is 8.42. The van der Waals surface area contributed by atoms with Crippen molar-refractivity contribution in [2.45, 2.75) is 19.6 Å². The van der Waals surface area contributed by atoms with Gasteiger partial charge >= 0.3 is 0 Å². The number of rotatable bonds is 7. The maximum atomic E-state index is 5.39. The van der Waals surface area contributed by atoms with Crippen LogP contribution in [0.25, 0.3) is 0 Å². The zero-order chi connectivity index (χ0) is 18.1. The van der Waals surface area contributed by atoms with Crippen molar-refractivity contribution in [1.29, 1.82) is 0 Å². The Bertz CT molecular complexity index is 698. The van der Waals surface area contributed by atoms with Crippen molar-refractivity contribution in [2.75, 3.05) is 28.3 Å². The number of benzene rings is 2. The Hall–Kier alpha value is -2.53. The molecule has 134 valence electrons. The van der Waals surface area contributed by atoms with Gasteiger partial charge in [-0.1, -0.05) is 42.5 Å². The lowest BCUT2D eigenvalue weighted by molar-refractivity contribution is 0.400. The normalized spacial score (nSPS) is 11.5. The highest BCUT2D eigenvalue weighted by molar-refractivity contribution is 5.79. The van der Waals surface area contributed by atoms with E-state index in [1.54, 1.807) is 14.2 Å². The van der Waals surface area contributed by atoms with Crippen LogP contribution in [-0.4, -0.2) is 39.1 Å². The van der Waals surface area contributed by atoms with Gasteiger partial charge in [-0.15, -0.1) is 0 Å². The fourth-order valence-electron chi connectivity index (χ4n) is 2.65. The van der Waals surface area contributed by atoms with Crippen LogP contribution in [0.1, 0.15) is 16.7 Å². The van der Waals surface area contributed by atoms with Gasteiger partial charge < -0.3 is 20.3 Å². The SMILES string of the molecule is CN=C(NCc1ccccc1CN(C)C)NCc1ccccc1OC. The van der Waals surface area contributed by atoms with Gasteiger partial charge in [0.1, 0.15) is 5.75 Å². The van der Waals surface area contributed by atoms with Gasteiger partial charge in [0.05, 0.1) is 7.11 Å². The highest BCUT2D eigenvalue weighted by Gasteiger charge is 2.06. The minimum absolute atomic E-state index is 0.656. The Morgan fingerprint density at radius 2 is 1.48 bits per heavy atom. The van der Waals surface area contributed by atoms with Crippen molar-refractivity contribution in [1.82, 2.24) is 15.5 Å². The minimum atomic E-state index is 0.656. The first-order valence-electron chi connectivity index (χ1n) is 8.42. The van der Waals surface area contributed by atoms with Crippen molar-refractivity contribution in [3.63, 3.8) is 0 Å². The molecule has 0 aliphatic heterocycles. The molecule has 0 saturated heterocycles. The summed E-state index contributed by atoms with van der Waals surface area (Å²) in [5.41, 5.74) is 3.69. The second-order valence-corrected chi connectivity index (χ2v) is 6.10. The maximum absolute atomic E-state index is 5.39. The van der Waals surface area contributed by atoms with E-state index in [4.69, 9.17) is 4.74 Å². The maximum Gasteiger partial charge on any atom is 0.191 e. The third-order valence-electron chi connectivity index (χ3n) is 3.91. The van der Waals surface area contributed by atoms with E-state index in [-0.39, 0.29) is 0 Å². The molecule has 2 aromatic rings. The van der Waals surface area contributed by atoms with E-state index in [0.717, 1.165) is 30.4 Å². The summed E-state index contributed by atoms with van der Waals surface area (Å²) in [5, 5.41) is 6.73. The quantitative estimate of drug-likeness (QED) is 0.601. The van der Waals surface area contributed by atoms with Gasteiger partial charge in [0, 0.05) is 32.2 Å². The molecular formula is C20H28N4O. The number of ether oxygens (including phenoxy) is 1. The lowest BCUT2D eigenvalue weighted by atomic mass is 10.1. The van der Waals surface area contributed by atoms with Crippen molar-refractivity contribution in [2.24, 2.45) is 4.99 Å². The number of para-hydroxylation sites is 1. The molecule has 0 heterocycles. The molecule has 0 unspecified atom stereocenters. The second kappa shape index (κ2) is 9.69. The topological polar surface area (TPSA) is 48.9 Å². The summed E-state index contributed by atoms with van der Waals surface area (Å²) in [5.74, 6) is 1.65. The molecule has 0 saturated carbocycles. The van der Waals surface area contributed by atoms with Gasteiger partial charge in [0.15, 0.2) is 5.96 Å². The number of guanidine groups is 1. The van der Waals surface area contributed by atoms with Crippen LogP contribution >= 0.6 is 0 Å². The Balaban J connectivity index is 1.95. The van der Waals surface area contributed by atoms with Crippen LogP contribution in [0.4, 0.5) is 0 Å². The van der Waals surface area contributed by atoms with Gasteiger partial charge in [-0.2, -0.15) is 0 Å². The van der Waals surface area contributed by atoms with Gasteiger partial charge in [-0.25, -0.2) is 0 Å². The van der Waals surface area contributed by atoms with E-state index >= 15 is 0 Å². The van der Waals surface area contributed by atoms with Crippen molar-refractivity contribution in [3.8, 4) is 5.75 Å². The third kappa shape index (κ3) is 5.80. The summed E-state index contributed by atoms with van der Waals surface area (Å²) in [6.07, 6.45) is 0. The summed E-state index contributed by atoms with van der Waals surface area (Å²) >= 11 is 0. The highest BCUT2D eigenvalue weighted by Crippen LogP contribution is 2.16. The molecule has 0 fully saturated rings. The summed E-state index contributed by atoms with van der Waals surface area (Å²) in [6.45, 7) is 2.31. The predicted octanol–water partition coefficient (Wildman–Crippen LogP) is 2.62. The molecule has 5 nitrogen and oxygen atoms in total. The molecule has 0 aromatic heterocycles. The molecule has 5 heteroatoms. The van der Waals surface area contributed by atoms with E-state index in [0.29, 0.717) is 6.54 Å². The second-order valence-electron chi connectivity index (χ2n) is 6.10. The Kier molecular flexibility index (Phi) is 7.29. The van der Waals surface area contributed by atoms with Crippen molar-refractivity contribution < 1.29 is 4.74 Å². The molecule has 0 amide bonds. The highest BCUT2D eigenvalue weighted by atomic mass is 16.5. The van der Waals surface area contributed by atoms with Crippen LogP contribution in [0, 0.1) is 0 Å². The Morgan fingerprint density at radius 1 is 0.920 bits per heavy atom. The van der Waals surface area contributed by atoms with Crippen LogP contribution in [0.3, 0.4) is 0 Å². The van der Waals surface area contributed by atoms with Crippen LogP contribution in [-0.2, 0) is 19.6 Å². The molecule has 0 aliphatic rings. The summed E-state index contributed by atoms with van der Waals surface area (Å²) in [6, 6.07) is 16.5. The molecule has 2 rings (SSSR count). The zero-order valence-corrected chi connectivity index (χ0v) is 15.5. The minimum Gasteiger partial charge on any atom is -0.496 e. The average Bonchev–Trinajstić information content (AvgIpc) is 2.63. The molecule has 2 N–H and O–H groups in total. The van der Waals surface area contributed by atoms with E-state index in [1.165, 1.54) is 11.1 Å². The van der Waals surface area contributed by atoms with Crippen LogP contribution < -0.4 is 15.4 Å². The summed E-state index contributed by atoms with van der Waals surface area (Å²) in [4.78, 5) is 6.48. The molecule has 0 bridgehead atoms. The van der Waals surface area contributed by atoms with Gasteiger partial charge in [-0.3, -0.25) is 4.99 Å². The number of aliphatic imine (C=N–C) groups is 1. The van der Waals surface area contributed by atoms with Gasteiger partial charge in [-0.05, 0) is 31.3 Å². The fraction of sp³-hybridized carbons (Fsp3) is 0.350. The number of methoxy groups -OCH3 is 1. The van der Waals surface area contributed by atoms with Gasteiger partial charge in [0.2, 0.25) is 0 Å². The summed E-state index contributed by atoms with van der Waals surface area (Å²) < 4.78 is 5.39. The van der Waals surface area contributed by atoms with Crippen LogP contribution in [0.2, 0.25) is 0 Å². The molecule has 0 atom stereocenters. The fourth-order valence-corrected chi connectivity index (χ4v) is 2.65. The third-order valence-corrected chi connectivity index (χ3v) is 3.91. The van der Waals surface area contributed by atoms with Crippen molar-refractivity contribution >= 4 is 5.96 Å². The van der Waals surface area contributed by atoms with E-state index < -0.39 is 0 Å². The predicted molar refractivity (Wildman–Crippen MR) is 104 cm³/mol. The lowest BCUT2D eigenvalue weighted by Crippen LogP contribution is -2.36. The average molecular weight is 340 g/mol. The first kappa shape index (κ1) is 18.8. The number of hydrogen-bond donors (Lipinski definition) is 2. The molecule has 0 aliphatic carbocycles. The lowest BCUT2D eigenvalue weighted by Gasteiger charge is -2.17. The molecule has 0 radical (unpaired) electrons. The number of nitrogens with one attached hydrogen (secondary N) is 2. The molecule has 25 heavy (non-hydrogen) atoms. The molecule has 2 aromatic carbocycles. The zero-order valence-electron chi connectivity index (χ0n) is 15.5. The summed E-state index contributed by atoms with van der Waals surface area (Å²) in [7, 11) is 7.63. The standard InChI is InChI=1S/C20H28N4O/c1-21-20(23-14-17-10-7-8-12-19(17)25-4)22-13-16-9-5-6-11-18(16)15-24(2)3/h5-12H,13-15H2,1-4H3,(H2,21,22,23). The first-order chi connectivity index (χ1) is 12.1. The largest absolute Gasteiger partial charge is 0.496 e. The van der Waals surface area contributed by atoms with Gasteiger partial charge in [0.25, 0.3) is 0 Å². The van der Waals surface area contributed by atoms with E-state index in [9.17, 15) is 0 Å². The van der Waals surface area contributed by atoms with Crippen molar-refractivity contribution in [3.05, 3.63) is 65.2 Å². The van der Waals surface area contributed by atoms with Crippen LogP contribution in [0.5, 0.6) is 5.75 Å². The Labute approximate surface area is 150 Å². The smallest absolute Gasteiger partial charge is 0.191 e. The number of hydrogen-bond acceptors (Lipinski definition) is 3. The Morgan fingerprint density at radius 3 is 2.08 bits per heavy atom.